The van der Waals surface area contributed by atoms with E-state index in [1.165, 1.54) is 18.0 Å². The van der Waals surface area contributed by atoms with Gasteiger partial charge in [0.15, 0.2) is 0 Å². The summed E-state index contributed by atoms with van der Waals surface area (Å²) in [7, 11) is 1.45. The zero-order chi connectivity index (χ0) is 20.5. The maximum absolute atomic E-state index is 13.0. The van der Waals surface area contributed by atoms with E-state index in [1.54, 1.807) is 25.1 Å². The number of aromatic nitrogens is 4. The molecule has 0 fully saturated rings. The fourth-order valence-electron chi connectivity index (χ4n) is 2.94. The molecule has 0 spiro atoms. The van der Waals surface area contributed by atoms with Crippen LogP contribution in [0.1, 0.15) is 27.5 Å². The van der Waals surface area contributed by atoms with E-state index in [0.29, 0.717) is 34.2 Å². The predicted molar refractivity (Wildman–Crippen MR) is 101 cm³/mol. The third-order valence-corrected chi connectivity index (χ3v) is 4.46. The largest absolute Gasteiger partial charge is 0.443 e. The second-order valence-corrected chi connectivity index (χ2v) is 6.53. The van der Waals surface area contributed by atoms with Crippen molar-refractivity contribution in [2.75, 3.05) is 11.9 Å². The second-order valence-electron chi connectivity index (χ2n) is 6.14. The third kappa shape index (κ3) is 3.61. The van der Waals surface area contributed by atoms with Crippen LogP contribution in [0.5, 0.6) is 0 Å². The number of carbonyl (C=O) groups is 2. The van der Waals surface area contributed by atoms with E-state index in [9.17, 15) is 9.59 Å². The molecule has 0 bridgehead atoms. The lowest BCUT2D eigenvalue weighted by Crippen LogP contribution is -2.24. The van der Waals surface area contributed by atoms with Crippen LogP contribution < -0.4 is 10.2 Å². The van der Waals surface area contributed by atoms with Crippen molar-refractivity contribution in [2.24, 2.45) is 0 Å². The van der Waals surface area contributed by atoms with E-state index < -0.39 is 6.09 Å². The number of hydrogen-bond acceptors (Lipinski definition) is 8. The summed E-state index contributed by atoms with van der Waals surface area (Å²) in [5.74, 6) is 0.807. The van der Waals surface area contributed by atoms with Gasteiger partial charge in [-0.25, -0.2) is 14.8 Å². The van der Waals surface area contributed by atoms with Gasteiger partial charge in [0.2, 0.25) is 5.89 Å². The predicted octanol–water partition coefficient (Wildman–Crippen LogP) is 2.50. The number of halogens is 1. The number of amides is 2. The highest BCUT2D eigenvalue weighted by Gasteiger charge is 2.33. The molecule has 3 aromatic rings. The van der Waals surface area contributed by atoms with Crippen molar-refractivity contribution < 1.29 is 18.7 Å². The van der Waals surface area contributed by atoms with Gasteiger partial charge < -0.3 is 14.5 Å². The number of carbonyl (C=O) groups excluding carboxylic acids is 2. The molecule has 4 heterocycles. The maximum atomic E-state index is 13.0. The van der Waals surface area contributed by atoms with Crippen molar-refractivity contribution in [2.45, 2.75) is 20.1 Å². The molecule has 0 atom stereocenters. The van der Waals surface area contributed by atoms with E-state index >= 15 is 0 Å². The number of ether oxygens (including phenoxy) is 1. The van der Waals surface area contributed by atoms with Crippen LogP contribution in [0, 0.1) is 6.92 Å². The number of nitrogens with zero attached hydrogens (tertiary/aromatic N) is 5. The summed E-state index contributed by atoms with van der Waals surface area (Å²) in [5.41, 5.74) is 1.88. The normalized spacial score (nSPS) is 12.8. The van der Waals surface area contributed by atoms with Crippen LogP contribution in [-0.2, 0) is 17.9 Å². The Labute approximate surface area is 169 Å². The molecule has 29 heavy (non-hydrogen) atoms. The van der Waals surface area contributed by atoms with Gasteiger partial charge in [0.25, 0.3) is 11.8 Å². The monoisotopic (exact) mass is 414 g/mol. The van der Waals surface area contributed by atoms with Crippen molar-refractivity contribution in [3.05, 3.63) is 52.1 Å². The molecule has 1 aliphatic rings. The Morgan fingerprint density at radius 3 is 2.90 bits per heavy atom. The summed E-state index contributed by atoms with van der Waals surface area (Å²) in [6.45, 7) is 1.78. The lowest BCUT2D eigenvalue weighted by Gasteiger charge is -2.15. The van der Waals surface area contributed by atoms with Crippen molar-refractivity contribution in [1.82, 2.24) is 25.5 Å². The topological polar surface area (TPSA) is 123 Å². The second kappa shape index (κ2) is 7.47. The molecule has 148 valence electrons. The number of aryl methyl sites for hydroxylation is 1. The molecule has 0 radical (unpaired) electrons. The number of hydrogen-bond donors (Lipinski definition) is 1. The van der Waals surface area contributed by atoms with Gasteiger partial charge in [0, 0.05) is 25.1 Å². The fraction of sp³-hybridized carbons (Fsp3) is 0.222. The zero-order valence-corrected chi connectivity index (χ0v) is 16.2. The van der Waals surface area contributed by atoms with Crippen LogP contribution in [-0.4, -0.2) is 39.2 Å². The van der Waals surface area contributed by atoms with Crippen LogP contribution in [0.4, 0.5) is 10.6 Å². The van der Waals surface area contributed by atoms with Crippen LogP contribution in [0.3, 0.4) is 0 Å². The molecule has 11 heteroatoms. The first-order chi connectivity index (χ1) is 14.0. The minimum atomic E-state index is -0.606. The summed E-state index contributed by atoms with van der Waals surface area (Å²) in [5, 5.41) is 10.2. The molecule has 0 unspecified atom stereocenters. The Bertz CT molecular complexity index is 1120. The first-order valence-electron chi connectivity index (χ1n) is 8.58. The molecular weight excluding hydrogens is 400 g/mol. The average Bonchev–Trinajstić information content (AvgIpc) is 3.30. The number of anilines is 1. The average molecular weight is 415 g/mol. The highest BCUT2D eigenvalue weighted by Crippen LogP contribution is 2.31. The van der Waals surface area contributed by atoms with Crippen LogP contribution >= 0.6 is 11.6 Å². The number of rotatable bonds is 4. The van der Waals surface area contributed by atoms with Gasteiger partial charge in [-0.3, -0.25) is 9.69 Å². The summed E-state index contributed by atoms with van der Waals surface area (Å²) in [6, 6.07) is 6.65. The first kappa shape index (κ1) is 18.8. The van der Waals surface area contributed by atoms with Gasteiger partial charge in [0.1, 0.15) is 23.3 Å². The maximum Gasteiger partial charge on any atom is 0.407 e. The smallest absolute Gasteiger partial charge is 0.407 e. The Hall–Kier alpha value is -3.53. The quantitative estimate of drug-likeness (QED) is 0.646. The standard InChI is InChI=1S/C18H15ClN6O4/c1-9-23-24-16(29-9)12-4-3-5-15(22-12)25-7-11-10(17(25)26)6-14(19)21-13(11)8-28-18(27)20-2/h3-6H,7-8H2,1-2H3,(H,20,27). The Kier molecular flexibility index (Phi) is 4.85. The summed E-state index contributed by atoms with van der Waals surface area (Å²) in [6.07, 6.45) is -0.606. The van der Waals surface area contributed by atoms with Gasteiger partial charge in [-0.1, -0.05) is 17.7 Å². The Balaban J connectivity index is 1.65. The lowest BCUT2D eigenvalue weighted by atomic mass is 10.1. The van der Waals surface area contributed by atoms with E-state index in [2.05, 4.69) is 25.5 Å². The lowest BCUT2D eigenvalue weighted by molar-refractivity contribution is 0.0996. The van der Waals surface area contributed by atoms with Crippen molar-refractivity contribution in [3.63, 3.8) is 0 Å². The van der Waals surface area contributed by atoms with Crippen LogP contribution in [0.15, 0.2) is 28.7 Å². The summed E-state index contributed by atoms with van der Waals surface area (Å²) < 4.78 is 10.5. The molecule has 1 N–H and O–H groups in total. The number of fused-ring (bicyclic) bond motifs is 1. The van der Waals surface area contributed by atoms with Gasteiger partial charge in [-0.05, 0) is 18.2 Å². The third-order valence-electron chi connectivity index (χ3n) is 4.27. The molecule has 0 aliphatic carbocycles. The van der Waals surface area contributed by atoms with Gasteiger partial charge >= 0.3 is 6.09 Å². The molecule has 10 nitrogen and oxygen atoms in total. The minimum absolute atomic E-state index is 0.113. The number of nitrogens with one attached hydrogen (secondary N) is 1. The molecule has 0 aromatic carbocycles. The summed E-state index contributed by atoms with van der Waals surface area (Å²) >= 11 is 6.06. The van der Waals surface area contributed by atoms with Gasteiger partial charge in [-0.15, -0.1) is 10.2 Å². The highest BCUT2D eigenvalue weighted by molar-refractivity contribution is 6.30. The molecule has 1 aliphatic heterocycles. The zero-order valence-electron chi connectivity index (χ0n) is 15.5. The molecule has 2 amide bonds. The van der Waals surface area contributed by atoms with Crippen LogP contribution in [0.25, 0.3) is 11.6 Å². The van der Waals surface area contributed by atoms with E-state index in [1.807, 2.05) is 0 Å². The molecule has 4 rings (SSSR count). The fourth-order valence-corrected chi connectivity index (χ4v) is 3.15. The van der Waals surface area contributed by atoms with E-state index in [0.717, 1.165) is 0 Å². The highest BCUT2D eigenvalue weighted by atomic mass is 35.5. The molecular formula is C18H15ClN6O4. The van der Waals surface area contributed by atoms with E-state index in [4.69, 9.17) is 20.8 Å². The van der Waals surface area contributed by atoms with Crippen molar-refractivity contribution in [1.29, 1.82) is 0 Å². The summed E-state index contributed by atoms with van der Waals surface area (Å²) in [4.78, 5) is 34.5. The number of pyridine rings is 2. The number of alkyl carbamates (subject to hydrolysis) is 1. The first-order valence-corrected chi connectivity index (χ1v) is 8.96. The van der Waals surface area contributed by atoms with Gasteiger partial charge in [0.05, 0.1) is 12.2 Å². The van der Waals surface area contributed by atoms with Gasteiger partial charge in [-0.2, -0.15) is 0 Å². The van der Waals surface area contributed by atoms with Crippen molar-refractivity contribution in [3.8, 4) is 11.6 Å². The SMILES string of the molecule is CNC(=O)OCc1nc(Cl)cc2c1CN(c1cccc(-c3nnc(C)o3)n1)C2=O. The molecule has 0 saturated carbocycles. The molecule has 0 saturated heterocycles. The Morgan fingerprint density at radius 1 is 1.34 bits per heavy atom. The molecule has 3 aromatic heterocycles. The van der Waals surface area contributed by atoms with Crippen molar-refractivity contribution >= 4 is 29.4 Å². The van der Waals surface area contributed by atoms with Crippen LogP contribution in [0.2, 0.25) is 5.15 Å². The van der Waals surface area contributed by atoms with E-state index in [-0.39, 0.29) is 30.1 Å². The Morgan fingerprint density at radius 2 is 2.17 bits per heavy atom. The minimum Gasteiger partial charge on any atom is -0.443 e.